The Hall–Kier alpha value is -3.00. The minimum atomic E-state index is -0.0163. The molecule has 0 aliphatic carbocycles. The summed E-state index contributed by atoms with van der Waals surface area (Å²) in [6, 6.07) is 7.95. The summed E-state index contributed by atoms with van der Waals surface area (Å²) in [5.41, 5.74) is 3.90. The molecule has 7 nitrogen and oxygen atoms in total. The molecule has 0 spiro atoms. The number of aromatic nitrogens is 4. The van der Waals surface area contributed by atoms with E-state index in [2.05, 4.69) is 21.6 Å². The molecule has 0 fully saturated rings. The predicted octanol–water partition coefficient (Wildman–Crippen LogP) is 4.09. The quantitative estimate of drug-likeness (QED) is 0.485. The van der Waals surface area contributed by atoms with Gasteiger partial charge in [-0.3, -0.25) is 18.6 Å². The fourth-order valence-corrected chi connectivity index (χ4v) is 4.67. The Balaban J connectivity index is 1.52. The number of nitrogens with one attached hydrogen (secondary N) is 1. The maximum absolute atomic E-state index is 12.8. The molecule has 1 N–H and O–H groups in total. The van der Waals surface area contributed by atoms with Gasteiger partial charge < -0.3 is 5.32 Å². The van der Waals surface area contributed by atoms with E-state index in [1.54, 1.807) is 4.57 Å². The molecule has 0 saturated heterocycles. The van der Waals surface area contributed by atoms with Crippen LogP contribution in [0.2, 0.25) is 0 Å². The van der Waals surface area contributed by atoms with Gasteiger partial charge in [0.15, 0.2) is 0 Å². The molecule has 0 unspecified atom stereocenters. The number of hydrogen-bond donors (Lipinski definition) is 1. The summed E-state index contributed by atoms with van der Waals surface area (Å²) in [4.78, 5) is 25.2. The standard InChI is InChI=1S/C22H25N5O2S/c1-4-9-26-21(29)20-17(8-10-30-20)27-18(24-25-22(26)27)6-5-7-19(28)23-16-12-14(2)11-15(3)13-16/h8,10-13H,4-7,9H2,1-3H3,(H,23,28). The monoisotopic (exact) mass is 423 g/mol. The van der Waals surface area contributed by atoms with Crippen molar-refractivity contribution in [1.82, 2.24) is 19.2 Å². The van der Waals surface area contributed by atoms with Gasteiger partial charge in [-0.2, -0.15) is 0 Å². The van der Waals surface area contributed by atoms with Crippen LogP contribution >= 0.6 is 11.3 Å². The van der Waals surface area contributed by atoms with Crippen LogP contribution in [-0.4, -0.2) is 25.1 Å². The number of carbonyl (C=O) groups is 1. The number of fused-ring (bicyclic) bond motifs is 3. The highest BCUT2D eigenvalue weighted by Gasteiger charge is 2.17. The summed E-state index contributed by atoms with van der Waals surface area (Å²) in [7, 11) is 0. The molecule has 4 rings (SSSR count). The van der Waals surface area contributed by atoms with Gasteiger partial charge >= 0.3 is 0 Å². The molecule has 3 aromatic heterocycles. The van der Waals surface area contributed by atoms with Crippen LogP contribution in [0.5, 0.6) is 0 Å². The van der Waals surface area contributed by atoms with Crippen molar-refractivity contribution in [3.8, 4) is 0 Å². The van der Waals surface area contributed by atoms with E-state index in [0.717, 1.165) is 34.6 Å². The number of aryl methyl sites for hydroxylation is 4. The highest BCUT2D eigenvalue weighted by molar-refractivity contribution is 7.17. The van der Waals surface area contributed by atoms with E-state index in [0.29, 0.717) is 36.3 Å². The smallest absolute Gasteiger partial charge is 0.272 e. The fourth-order valence-electron chi connectivity index (χ4n) is 3.85. The van der Waals surface area contributed by atoms with Crippen molar-refractivity contribution in [2.24, 2.45) is 0 Å². The van der Waals surface area contributed by atoms with Crippen LogP contribution in [-0.2, 0) is 17.8 Å². The third kappa shape index (κ3) is 3.87. The summed E-state index contributed by atoms with van der Waals surface area (Å²) >= 11 is 1.44. The summed E-state index contributed by atoms with van der Waals surface area (Å²) in [6.07, 6.45) is 2.49. The second-order valence-electron chi connectivity index (χ2n) is 7.62. The largest absolute Gasteiger partial charge is 0.326 e. The zero-order valence-corrected chi connectivity index (χ0v) is 18.3. The van der Waals surface area contributed by atoms with E-state index in [4.69, 9.17) is 0 Å². The molecule has 30 heavy (non-hydrogen) atoms. The van der Waals surface area contributed by atoms with Gasteiger partial charge in [-0.1, -0.05) is 13.0 Å². The topological polar surface area (TPSA) is 81.3 Å². The van der Waals surface area contributed by atoms with Gasteiger partial charge in [0.25, 0.3) is 5.56 Å². The Bertz CT molecular complexity index is 1260. The number of carbonyl (C=O) groups excluding carboxylic acids is 1. The minimum Gasteiger partial charge on any atom is -0.326 e. The number of nitrogens with zero attached hydrogens (tertiary/aromatic N) is 4. The molecular formula is C22H25N5O2S. The normalized spacial score (nSPS) is 11.4. The number of benzene rings is 1. The van der Waals surface area contributed by atoms with Crippen LogP contribution in [0.15, 0.2) is 34.4 Å². The van der Waals surface area contributed by atoms with E-state index in [9.17, 15) is 9.59 Å². The highest BCUT2D eigenvalue weighted by Crippen LogP contribution is 2.21. The van der Waals surface area contributed by atoms with Gasteiger partial charge in [0.05, 0.1) is 5.52 Å². The Morgan fingerprint density at radius 2 is 1.93 bits per heavy atom. The first-order valence-corrected chi connectivity index (χ1v) is 11.1. The molecule has 0 saturated carbocycles. The number of rotatable bonds is 7. The molecule has 3 heterocycles. The molecule has 0 atom stereocenters. The van der Waals surface area contributed by atoms with Crippen molar-refractivity contribution in [2.75, 3.05) is 5.32 Å². The zero-order valence-electron chi connectivity index (χ0n) is 17.4. The van der Waals surface area contributed by atoms with Gasteiger partial charge in [-0.05, 0) is 61.4 Å². The zero-order chi connectivity index (χ0) is 21.3. The number of anilines is 1. The number of hydrogen-bond acceptors (Lipinski definition) is 5. The Morgan fingerprint density at radius 1 is 1.17 bits per heavy atom. The summed E-state index contributed by atoms with van der Waals surface area (Å²) in [5.74, 6) is 1.33. The Morgan fingerprint density at radius 3 is 2.67 bits per heavy atom. The number of thiophene rings is 1. The summed E-state index contributed by atoms with van der Waals surface area (Å²) in [6.45, 7) is 6.67. The second kappa shape index (κ2) is 8.39. The highest BCUT2D eigenvalue weighted by atomic mass is 32.1. The van der Waals surface area contributed by atoms with E-state index in [1.165, 1.54) is 11.3 Å². The molecule has 1 aromatic carbocycles. The lowest BCUT2D eigenvalue weighted by molar-refractivity contribution is -0.116. The van der Waals surface area contributed by atoms with E-state index < -0.39 is 0 Å². The van der Waals surface area contributed by atoms with Crippen molar-refractivity contribution in [3.05, 3.63) is 57.0 Å². The molecule has 0 aliphatic heterocycles. The van der Waals surface area contributed by atoms with Crippen LogP contribution < -0.4 is 10.9 Å². The lowest BCUT2D eigenvalue weighted by Crippen LogP contribution is -2.22. The van der Waals surface area contributed by atoms with E-state index in [1.807, 2.05) is 48.8 Å². The lowest BCUT2D eigenvalue weighted by Gasteiger charge is -2.09. The molecule has 0 aliphatic rings. The SMILES string of the molecule is CCCn1c(=O)c2sccc2n2c(CCCC(=O)Nc3cc(C)cc(C)c3)nnc12. The van der Waals surface area contributed by atoms with E-state index in [-0.39, 0.29) is 11.5 Å². The van der Waals surface area contributed by atoms with Crippen LogP contribution in [0.25, 0.3) is 16.0 Å². The molecule has 0 radical (unpaired) electrons. The third-order valence-corrected chi connectivity index (χ3v) is 5.93. The van der Waals surface area contributed by atoms with Crippen molar-refractivity contribution < 1.29 is 4.79 Å². The van der Waals surface area contributed by atoms with Gasteiger partial charge in [-0.15, -0.1) is 21.5 Å². The Labute approximate surface area is 178 Å². The first-order valence-electron chi connectivity index (χ1n) is 10.2. The van der Waals surface area contributed by atoms with Gasteiger partial charge in [-0.25, -0.2) is 0 Å². The first-order chi connectivity index (χ1) is 14.5. The Kier molecular flexibility index (Phi) is 5.67. The van der Waals surface area contributed by atoms with Gasteiger partial charge in [0.1, 0.15) is 10.5 Å². The average molecular weight is 424 g/mol. The van der Waals surface area contributed by atoms with Crippen LogP contribution in [0.3, 0.4) is 0 Å². The second-order valence-corrected chi connectivity index (χ2v) is 8.54. The molecule has 4 aromatic rings. The summed E-state index contributed by atoms with van der Waals surface area (Å²) in [5, 5.41) is 13.5. The van der Waals surface area contributed by atoms with Crippen molar-refractivity contribution in [2.45, 2.75) is 53.0 Å². The molecular weight excluding hydrogens is 398 g/mol. The third-order valence-electron chi connectivity index (χ3n) is 5.04. The fraction of sp³-hybridized carbons (Fsp3) is 0.364. The van der Waals surface area contributed by atoms with Crippen molar-refractivity contribution in [1.29, 1.82) is 0 Å². The molecule has 0 bridgehead atoms. The average Bonchev–Trinajstić information content (AvgIpc) is 3.31. The van der Waals surface area contributed by atoms with Gasteiger partial charge in [0.2, 0.25) is 11.7 Å². The van der Waals surface area contributed by atoms with Crippen molar-refractivity contribution >= 4 is 38.9 Å². The van der Waals surface area contributed by atoms with E-state index >= 15 is 0 Å². The van der Waals surface area contributed by atoms with Gasteiger partial charge in [0, 0.05) is 25.1 Å². The molecule has 1 amide bonds. The molecule has 8 heteroatoms. The first kappa shape index (κ1) is 20.3. The van der Waals surface area contributed by atoms with Crippen LogP contribution in [0, 0.1) is 13.8 Å². The minimum absolute atomic E-state index is 0.0128. The van der Waals surface area contributed by atoms with Crippen LogP contribution in [0.1, 0.15) is 43.1 Å². The predicted molar refractivity (Wildman–Crippen MR) is 120 cm³/mol. The molecule has 156 valence electrons. The summed E-state index contributed by atoms with van der Waals surface area (Å²) < 4.78 is 4.37. The maximum atomic E-state index is 12.8. The maximum Gasteiger partial charge on any atom is 0.272 e. The van der Waals surface area contributed by atoms with Crippen LogP contribution in [0.4, 0.5) is 5.69 Å². The number of amides is 1. The van der Waals surface area contributed by atoms with Crippen molar-refractivity contribution in [3.63, 3.8) is 0 Å². The lowest BCUT2D eigenvalue weighted by atomic mass is 10.1.